The Morgan fingerprint density at radius 1 is 1.00 bits per heavy atom. The lowest BCUT2D eigenvalue weighted by Gasteiger charge is -2.15. The highest BCUT2D eigenvalue weighted by atomic mass is 14.9. The molecule has 0 aromatic carbocycles. The van der Waals surface area contributed by atoms with Crippen molar-refractivity contribution < 1.29 is 0 Å². The average molecular weight is 171 g/mol. The van der Waals surface area contributed by atoms with Crippen LogP contribution in [0.2, 0.25) is 0 Å². The predicted octanol–water partition coefficient (Wildman–Crippen LogP) is 3.34. The molecule has 0 amide bonds. The van der Waals surface area contributed by atoms with Gasteiger partial charge in [-0.15, -0.1) is 0 Å². The maximum Gasteiger partial charge on any atom is 0.00643 e. The van der Waals surface area contributed by atoms with E-state index in [9.17, 15) is 0 Å². The highest BCUT2D eigenvalue weighted by Crippen LogP contribution is 2.01. The molecule has 74 valence electrons. The Bertz CT molecular complexity index is 81.1. The summed E-state index contributed by atoms with van der Waals surface area (Å²) >= 11 is 0. The Kier molecular flexibility index (Phi) is 9.02. The summed E-state index contributed by atoms with van der Waals surface area (Å²) in [6.07, 6.45) is 7.96. The molecule has 0 aromatic heterocycles. The van der Waals surface area contributed by atoms with Crippen molar-refractivity contribution >= 4 is 0 Å². The fourth-order valence-corrected chi connectivity index (χ4v) is 1.48. The fraction of sp³-hybridized carbons (Fsp3) is 1.00. The molecule has 0 rings (SSSR count). The number of nitrogens with one attached hydrogen (secondary N) is 1. The molecule has 0 saturated heterocycles. The second-order valence-electron chi connectivity index (χ2n) is 3.56. The summed E-state index contributed by atoms with van der Waals surface area (Å²) in [6, 6.07) is 0.770. The van der Waals surface area contributed by atoms with Crippen LogP contribution in [0.1, 0.15) is 59.3 Å². The van der Waals surface area contributed by atoms with Crippen LogP contribution < -0.4 is 5.32 Å². The Morgan fingerprint density at radius 2 is 1.75 bits per heavy atom. The van der Waals surface area contributed by atoms with Gasteiger partial charge in [0.1, 0.15) is 0 Å². The van der Waals surface area contributed by atoms with E-state index in [1.54, 1.807) is 0 Å². The van der Waals surface area contributed by atoms with Gasteiger partial charge in [0.15, 0.2) is 0 Å². The fourth-order valence-electron chi connectivity index (χ4n) is 1.48. The Morgan fingerprint density at radius 3 is 2.25 bits per heavy atom. The molecule has 1 heteroatoms. The molecule has 0 aliphatic carbocycles. The zero-order chi connectivity index (χ0) is 9.23. The summed E-state index contributed by atoms with van der Waals surface area (Å²) in [7, 11) is 0. The van der Waals surface area contributed by atoms with Gasteiger partial charge in [-0.05, 0) is 25.8 Å². The zero-order valence-corrected chi connectivity index (χ0v) is 9.03. The van der Waals surface area contributed by atoms with Crippen molar-refractivity contribution in [2.45, 2.75) is 65.3 Å². The Hall–Kier alpha value is -0.0400. The van der Waals surface area contributed by atoms with Crippen LogP contribution in [0.5, 0.6) is 0 Å². The van der Waals surface area contributed by atoms with Crippen molar-refractivity contribution in [2.75, 3.05) is 6.54 Å². The van der Waals surface area contributed by atoms with Gasteiger partial charge in [-0.25, -0.2) is 0 Å². The van der Waals surface area contributed by atoms with E-state index in [1.165, 1.54) is 45.1 Å². The SMILES string of the molecule is CCCCCNC(CC)CCC. The first-order valence-corrected chi connectivity index (χ1v) is 5.58. The molecule has 0 aliphatic heterocycles. The molecule has 0 spiro atoms. The van der Waals surface area contributed by atoms with Crippen LogP contribution in [0.15, 0.2) is 0 Å². The van der Waals surface area contributed by atoms with E-state index in [0.717, 1.165) is 6.04 Å². The van der Waals surface area contributed by atoms with Crippen LogP contribution in [0.25, 0.3) is 0 Å². The molecule has 1 atom stereocenters. The highest BCUT2D eigenvalue weighted by Gasteiger charge is 2.01. The van der Waals surface area contributed by atoms with Gasteiger partial charge in [-0.3, -0.25) is 0 Å². The zero-order valence-electron chi connectivity index (χ0n) is 9.03. The third-order valence-electron chi connectivity index (χ3n) is 2.34. The molecule has 1 unspecified atom stereocenters. The van der Waals surface area contributed by atoms with Crippen molar-refractivity contribution in [2.24, 2.45) is 0 Å². The average Bonchev–Trinajstić information content (AvgIpc) is 2.10. The van der Waals surface area contributed by atoms with Crippen molar-refractivity contribution in [1.29, 1.82) is 0 Å². The van der Waals surface area contributed by atoms with Crippen molar-refractivity contribution in [3.63, 3.8) is 0 Å². The lowest BCUT2D eigenvalue weighted by atomic mass is 10.1. The summed E-state index contributed by atoms with van der Waals surface area (Å²) < 4.78 is 0. The molecule has 0 radical (unpaired) electrons. The largest absolute Gasteiger partial charge is 0.314 e. The van der Waals surface area contributed by atoms with Crippen LogP contribution in [0.4, 0.5) is 0 Å². The van der Waals surface area contributed by atoms with Crippen molar-refractivity contribution in [3.8, 4) is 0 Å². The van der Waals surface area contributed by atoms with E-state index in [0.29, 0.717) is 0 Å². The van der Waals surface area contributed by atoms with Crippen LogP contribution in [0, 0.1) is 0 Å². The molecule has 0 fully saturated rings. The Balaban J connectivity index is 3.19. The number of hydrogen-bond donors (Lipinski definition) is 1. The second kappa shape index (κ2) is 9.05. The van der Waals surface area contributed by atoms with E-state index in [1.807, 2.05) is 0 Å². The van der Waals surface area contributed by atoms with Gasteiger partial charge in [-0.1, -0.05) is 40.0 Å². The highest BCUT2D eigenvalue weighted by molar-refractivity contribution is 4.63. The third-order valence-corrected chi connectivity index (χ3v) is 2.34. The normalized spacial score (nSPS) is 13.2. The molecule has 0 aromatic rings. The van der Waals surface area contributed by atoms with E-state index in [4.69, 9.17) is 0 Å². The summed E-state index contributed by atoms with van der Waals surface area (Å²) in [6.45, 7) is 8.00. The van der Waals surface area contributed by atoms with Gasteiger partial charge < -0.3 is 5.32 Å². The standard InChI is InChI=1S/C11H25N/c1-4-7-8-10-12-11(6-3)9-5-2/h11-12H,4-10H2,1-3H3. The molecule has 0 aliphatic rings. The molecule has 12 heavy (non-hydrogen) atoms. The lowest BCUT2D eigenvalue weighted by molar-refractivity contribution is 0.454. The van der Waals surface area contributed by atoms with Crippen molar-refractivity contribution in [3.05, 3.63) is 0 Å². The molecule has 0 saturated carbocycles. The minimum atomic E-state index is 0.770. The summed E-state index contributed by atoms with van der Waals surface area (Å²) in [5, 5.41) is 3.61. The molecule has 0 bridgehead atoms. The van der Waals surface area contributed by atoms with Crippen molar-refractivity contribution in [1.82, 2.24) is 5.32 Å². The van der Waals surface area contributed by atoms with E-state index >= 15 is 0 Å². The molecule has 1 N–H and O–H groups in total. The predicted molar refractivity (Wildman–Crippen MR) is 56.5 cm³/mol. The van der Waals surface area contributed by atoms with Crippen LogP contribution in [0.3, 0.4) is 0 Å². The van der Waals surface area contributed by atoms with Crippen LogP contribution in [-0.4, -0.2) is 12.6 Å². The Labute approximate surface area is 77.9 Å². The minimum Gasteiger partial charge on any atom is -0.314 e. The summed E-state index contributed by atoms with van der Waals surface area (Å²) in [4.78, 5) is 0. The molecular weight excluding hydrogens is 146 g/mol. The van der Waals surface area contributed by atoms with Gasteiger partial charge in [0, 0.05) is 6.04 Å². The maximum atomic E-state index is 3.61. The number of unbranched alkanes of at least 4 members (excludes halogenated alkanes) is 2. The van der Waals surface area contributed by atoms with Gasteiger partial charge in [-0.2, -0.15) is 0 Å². The number of hydrogen-bond acceptors (Lipinski definition) is 1. The van der Waals surface area contributed by atoms with E-state index in [2.05, 4.69) is 26.1 Å². The maximum absolute atomic E-state index is 3.61. The van der Waals surface area contributed by atoms with Gasteiger partial charge in [0.25, 0.3) is 0 Å². The van der Waals surface area contributed by atoms with Gasteiger partial charge in [0.2, 0.25) is 0 Å². The van der Waals surface area contributed by atoms with E-state index < -0.39 is 0 Å². The molecule has 1 nitrogen and oxygen atoms in total. The van der Waals surface area contributed by atoms with Crippen LogP contribution in [-0.2, 0) is 0 Å². The first-order chi connectivity index (χ1) is 5.85. The monoisotopic (exact) mass is 171 g/mol. The molecule has 0 heterocycles. The van der Waals surface area contributed by atoms with Gasteiger partial charge >= 0.3 is 0 Å². The lowest BCUT2D eigenvalue weighted by Crippen LogP contribution is -2.29. The summed E-state index contributed by atoms with van der Waals surface area (Å²) in [5.74, 6) is 0. The number of rotatable bonds is 8. The quantitative estimate of drug-likeness (QED) is 0.552. The first-order valence-electron chi connectivity index (χ1n) is 5.58. The minimum absolute atomic E-state index is 0.770. The van der Waals surface area contributed by atoms with E-state index in [-0.39, 0.29) is 0 Å². The topological polar surface area (TPSA) is 12.0 Å². The molecular formula is C11H25N. The van der Waals surface area contributed by atoms with Gasteiger partial charge in [0.05, 0.1) is 0 Å². The first kappa shape index (κ1) is 12.0. The third kappa shape index (κ3) is 6.66. The second-order valence-corrected chi connectivity index (χ2v) is 3.56. The van der Waals surface area contributed by atoms with Crippen LogP contribution >= 0.6 is 0 Å². The smallest absolute Gasteiger partial charge is 0.00643 e. The summed E-state index contributed by atoms with van der Waals surface area (Å²) in [5.41, 5.74) is 0.